The molecule has 19 heavy (non-hydrogen) atoms. The molecule has 2 N–H and O–H groups in total. The molecule has 1 aliphatic heterocycles. The van der Waals surface area contributed by atoms with Gasteiger partial charge in [0.05, 0.1) is 5.41 Å². The fraction of sp³-hybridized carbons (Fsp3) is 0.933. The minimum absolute atomic E-state index is 0.255. The Hall–Kier alpha value is -0.610. The highest BCUT2D eigenvalue weighted by Crippen LogP contribution is 2.37. The van der Waals surface area contributed by atoms with Crippen LogP contribution in [0.25, 0.3) is 0 Å². The van der Waals surface area contributed by atoms with E-state index in [0.29, 0.717) is 18.5 Å². The first-order valence-corrected chi connectivity index (χ1v) is 7.79. The topological polar surface area (TPSA) is 49.6 Å². The summed E-state index contributed by atoms with van der Waals surface area (Å²) in [7, 11) is 2.14. The van der Waals surface area contributed by atoms with E-state index in [0.717, 1.165) is 51.7 Å². The largest absolute Gasteiger partial charge is 0.338 e. The zero-order valence-corrected chi connectivity index (χ0v) is 12.5. The molecule has 2 rings (SSSR count). The van der Waals surface area contributed by atoms with Crippen molar-refractivity contribution in [2.45, 2.75) is 51.5 Å². The minimum Gasteiger partial charge on any atom is -0.338 e. The molecular weight excluding hydrogens is 238 g/mol. The monoisotopic (exact) mass is 267 g/mol. The van der Waals surface area contributed by atoms with Gasteiger partial charge in [0.25, 0.3) is 0 Å². The van der Waals surface area contributed by atoms with Crippen LogP contribution in [0, 0.1) is 5.41 Å². The van der Waals surface area contributed by atoms with Crippen LogP contribution in [0.3, 0.4) is 0 Å². The van der Waals surface area contributed by atoms with Crippen LogP contribution >= 0.6 is 0 Å². The third-order valence-electron chi connectivity index (χ3n) is 4.96. The molecule has 1 atom stereocenters. The number of carbonyl (C=O) groups excluding carboxylic acids is 1. The lowest BCUT2D eigenvalue weighted by Crippen LogP contribution is -2.53. The predicted molar refractivity (Wildman–Crippen MR) is 77.9 cm³/mol. The number of nitrogens with zero attached hydrogens (tertiary/aromatic N) is 2. The summed E-state index contributed by atoms with van der Waals surface area (Å²) < 4.78 is 0. The standard InChI is InChI=1S/C15H29N3O/c1-13-11-17(2)9-6-10-18(13)14(19)15(12-16)7-4-3-5-8-15/h13H,3-12,16H2,1-2H3. The zero-order valence-electron chi connectivity index (χ0n) is 12.5. The van der Waals surface area contributed by atoms with Crippen molar-refractivity contribution >= 4 is 5.91 Å². The molecule has 2 fully saturated rings. The Kier molecular flexibility index (Phi) is 4.85. The molecule has 0 aromatic rings. The predicted octanol–water partition coefficient (Wildman–Crippen LogP) is 1.45. The Balaban J connectivity index is 2.11. The van der Waals surface area contributed by atoms with Crippen molar-refractivity contribution in [1.29, 1.82) is 0 Å². The van der Waals surface area contributed by atoms with Crippen LogP contribution in [0.2, 0.25) is 0 Å². The number of rotatable bonds is 2. The van der Waals surface area contributed by atoms with E-state index in [4.69, 9.17) is 5.73 Å². The van der Waals surface area contributed by atoms with Gasteiger partial charge in [-0.2, -0.15) is 0 Å². The quantitative estimate of drug-likeness (QED) is 0.824. The summed E-state index contributed by atoms with van der Waals surface area (Å²) in [6.45, 7) is 5.65. The van der Waals surface area contributed by atoms with E-state index in [9.17, 15) is 4.79 Å². The van der Waals surface area contributed by atoms with Crippen LogP contribution in [-0.2, 0) is 4.79 Å². The van der Waals surface area contributed by atoms with Gasteiger partial charge in [-0.15, -0.1) is 0 Å². The number of hydrogen-bond acceptors (Lipinski definition) is 3. The lowest BCUT2D eigenvalue weighted by atomic mass is 9.73. The summed E-state index contributed by atoms with van der Waals surface area (Å²) in [4.78, 5) is 17.4. The molecule has 0 aromatic carbocycles. The van der Waals surface area contributed by atoms with Crippen LogP contribution in [0.15, 0.2) is 0 Å². The minimum atomic E-state index is -0.255. The Bertz CT molecular complexity index is 313. The molecule has 1 amide bonds. The molecule has 1 aliphatic carbocycles. The number of likely N-dealkylation sites (N-methyl/N-ethyl adjacent to an activating group) is 1. The molecule has 0 aromatic heterocycles. The maximum absolute atomic E-state index is 13.0. The molecule has 0 spiro atoms. The SMILES string of the molecule is CC1CN(C)CCCN1C(=O)C1(CN)CCCCC1. The van der Waals surface area contributed by atoms with Crippen molar-refractivity contribution in [2.75, 3.05) is 33.2 Å². The third kappa shape index (κ3) is 3.11. The van der Waals surface area contributed by atoms with E-state index in [1.807, 2.05) is 0 Å². The fourth-order valence-electron chi connectivity index (χ4n) is 3.71. The molecule has 1 saturated carbocycles. The lowest BCUT2D eigenvalue weighted by molar-refractivity contribution is -0.145. The highest BCUT2D eigenvalue weighted by molar-refractivity contribution is 5.83. The van der Waals surface area contributed by atoms with Gasteiger partial charge in [0.15, 0.2) is 0 Å². The first kappa shape index (κ1) is 14.8. The van der Waals surface area contributed by atoms with Crippen molar-refractivity contribution in [3.8, 4) is 0 Å². The first-order valence-electron chi connectivity index (χ1n) is 7.79. The van der Waals surface area contributed by atoms with Crippen molar-refractivity contribution < 1.29 is 4.79 Å². The first-order chi connectivity index (χ1) is 9.09. The van der Waals surface area contributed by atoms with Gasteiger partial charge in [-0.1, -0.05) is 19.3 Å². The Labute approximate surface area is 117 Å². The summed E-state index contributed by atoms with van der Waals surface area (Å²) in [5.74, 6) is 0.331. The molecule has 1 unspecified atom stereocenters. The molecule has 1 heterocycles. The Morgan fingerprint density at radius 2 is 1.89 bits per heavy atom. The third-order valence-corrected chi connectivity index (χ3v) is 4.96. The molecule has 1 saturated heterocycles. The van der Waals surface area contributed by atoms with Gasteiger partial charge in [0.2, 0.25) is 5.91 Å². The van der Waals surface area contributed by atoms with Crippen molar-refractivity contribution in [2.24, 2.45) is 11.1 Å². The summed E-state index contributed by atoms with van der Waals surface area (Å²) >= 11 is 0. The average Bonchev–Trinajstić information content (AvgIpc) is 2.59. The molecule has 0 radical (unpaired) electrons. The van der Waals surface area contributed by atoms with E-state index in [1.54, 1.807) is 0 Å². The van der Waals surface area contributed by atoms with Crippen molar-refractivity contribution in [1.82, 2.24) is 9.80 Å². The maximum atomic E-state index is 13.0. The van der Waals surface area contributed by atoms with E-state index in [-0.39, 0.29) is 5.41 Å². The van der Waals surface area contributed by atoms with E-state index >= 15 is 0 Å². The van der Waals surface area contributed by atoms with E-state index in [2.05, 4.69) is 23.8 Å². The van der Waals surface area contributed by atoms with Crippen LogP contribution in [0.5, 0.6) is 0 Å². The highest BCUT2D eigenvalue weighted by atomic mass is 16.2. The van der Waals surface area contributed by atoms with Crippen LogP contribution in [0.4, 0.5) is 0 Å². The number of hydrogen-bond donors (Lipinski definition) is 1. The van der Waals surface area contributed by atoms with Gasteiger partial charge in [-0.3, -0.25) is 4.79 Å². The summed E-state index contributed by atoms with van der Waals surface area (Å²) in [6.07, 6.45) is 6.62. The van der Waals surface area contributed by atoms with E-state index in [1.165, 1.54) is 6.42 Å². The zero-order chi connectivity index (χ0) is 13.9. The Morgan fingerprint density at radius 1 is 1.21 bits per heavy atom. The van der Waals surface area contributed by atoms with Gasteiger partial charge in [-0.05, 0) is 39.8 Å². The van der Waals surface area contributed by atoms with Crippen molar-refractivity contribution in [3.63, 3.8) is 0 Å². The van der Waals surface area contributed by atoms with Crippen LogP contribution in [-0.4, -0.2) is 55.0 Å². The smallest absolute Gasteiger partial charge is 0.230 e. The van der Waals surface area contributed by atoms with Gasteiger partial charge in [0, 0.05) is 25.7 Å². The summed E-state index contributed by atoms with van der Waals surface area (Å²) in [6, 6.07) is 0.311. The molecular formula is C15H29N3O. The normalized spacial score (nSPS) is 29.0. The summed E-state index contributed by atoms with van der Waals surface area (Å²) in [5, 5.41) is 0. The van der Waals surface area contributed by atoms with E-state index < -0.39 is 0 Å². The highest BCUT2D eigenvalue weighted by Gasteiger charge is 2.42. The number of nitrogens with two attached hydrogens (primary N) is 1. The van der Waals surface area contributed by atoms with Crippen molar-refractivity contribution in [3.05, 3.63) is 0 Å². The fourth-order valence-corrected chi connectivity index (χ4v) is 3.71. The molecule has 0 bridgehead atoms. The molecule has 4 heteroatoms. The second kappa shape index (κ2) is 6.23. The van der Waals surface area contributed by atoms with Gasteiger partial charge < -0.3 is 15.5 Å². The molecule has 110 valence electrons. The molecule has 2 aliphatic rings. The maximum Gasteiger partial charge on any atom is 0.230 e. The van der Waals surface area contributed by atoms with Gasteiger partial charge >= 0.3 is 0 Å². The second-order valence-electron chi connectivity index (χ2n) is 6.51. The average molecular weight is 267 g/mol. The Morgan fingerprint density at radius 3 is 2.53 bits per heavy atom. The number of carbonyl (C=O) groups is 1. The van der Waals surface area contributed by atoms with Crippen LogP contribution in [0.1, 0.15) is 45.4 Å². The van der Waals surface area contributed by atoms with Gasteiger partial charge in [0.1, 0.15) is 0 Å². The second-order valence-corrected chi connectivity index (χ2v) is 6.51. The number of amides is 1. The molecule has 4 nitrogen and oxygen atoms in total. The van der Waals surface area contributed by atoms with Crippen LogP contribution < -0.4 is 5.73 Å². The lowest BCUT2D eigenvalue weighted by Gasteiger charge is -2.41. The summed E-state index contributed by atoms with van der Waals surface area (Å²) in [5.41, 5.74) is 5.75. The van der Waals surface area contributed by atoms with Gasteiger partial charge in [-0.25, -0.2) is 0 Å².